The Morgan fingerprint density at radius 3 is 2.42 bits per heavy atom. The normalized spacial score (nSPS) is 13.3. The summed E-state index contributed by atoms with van der Waals surface area (Å²) in [6.07, 6.45) is -4.21. The minimum Gasteiger partial charge on any atom is -0.386 e. The van der Waals surface area contributed by atoms with E-state index in [9.17, 15) is 23.1 Å². The second-order valence-electron chi connectivity index (χ2n) is 10.6. The Morgan fingerprint density at radius 1 is 1.10 bits per heavy atom. The van der Waals surface area contributed by atoms with Crippen LogP contribution in [-0.4, -0.2) is 31.9 Å². The fraction of sp³-hybridized carbons (Fsp3) is 0.300. The number of hydrogen-bond acceptors (Lipinski definition) is 5. The van der Waals surface area contributed by atoms with Gasteiger partial charge in [-0.15, -0.1) is 0 Å². The van der Waals surface area contributed by atoms with Crippen LogP contribution < -0.4 is 5.73 Å². The first-order valence-corrected chi connectivity index (χ1v) is 12.8. The van der Waals surface area contributed by atoms with Crippen molar-refractivity contribution in [2.45, 2.75) is 58.4 Å². The van der Waals surface area contributed by atoms with Crippen LogP contribution in [0.15, 0.2) is 59.3 Å². The summed E-state index contributed by atoms with van der Waals surface area (Å²) in [5, 5.41) is 15.9. The molecule has 3 heterocycles. The van der Waals surface area contributed by atoms with Crippen LogP contribution >= 0.6 is 0 Å². The zero-order chi connectivity index (χ0) is 29.0. The van der Waals surface area contributed by atoms with Gasteiger partial charge in [0.25, 0.3) is 0 Å². The summed E-state index contributed by atoms with van der Waals surface area (Å²) < 4.78 is 47.9. The van der Waals surface area contributed by atoms with Crippen molar-refractivity contribution >= 4 is 27.7 Å². The molecule has 0 aliphatic carbocycles. The molecule has 0 fully saturated rings. The lowest BCUT2D eigenvalue weighted by Gasteiger charge is -2.23. The van der Waals surface area contributed by atoms with Crippen LogP contribution in [0.25, 0.3) is 32.9 Å². The molecule has 2 aromatic carbocycles. The molecule has 1 atom stereocenters. The van der Waals surface area contributed by atoms with E-state index in [2.05, 4.69) is 10.1 Å². The van der Waals surface area contributed by atoms with Gasteiger partial charge in [-0.1, -0.05) is 23.4 Å². The molecule has 5 rings (SSSR count). The maximum Gasteiger partial charge on any atom is 0.389 e. The number of rotatable bonds is 7. The lowest BCUT2D eigenvalue weighted by atomic mass is 9.95. The molecule has 3 aromatic heterocycles. The highest BCUT2D eigenvalue weighted by Crippen LogP contribution is 2.42. The van der Waals surface area contributed by atoms with Crippen molar-refractivity contribution in [3.63, 3.8) is 0 Å². The third-order valence-corrected chi connectivity index (χ3v) is 7.24. The number of nitrogens with zero attached hydrogens (tertiary/aromatic N) is 3. The Morgan fingerprint density at radius 2 is 1.85 bits per heavy atom. The minimum atomic E-state index is -4.40. The molecule has 0 aliphatic rings. The monoisotopic (exact) mass is 550 g/mol. The van der Waals surface area contributed by atoms with Gasteiger partial charge in [-0.2, -0.15) is 13.2 Å². The molecule has 1 unspecified atom stereocenters. The van der Waals surface area contributed by atoms with Gasteiger partial charge in [0.05, 0.1) is 34.1 Å². The van der Waals surface area contributed by atoms with Crippen molar-refractivity contribution in [3.8, 4) is 11.1 Å². The Labute approximate surface area is 228 Å². The summed E-state index contributed by atoms with van der Waals surface area (Å²) in [4.78, 5) is 17.3. The third kappa shape index (κ3) is 4.95. The van der Waals surface area contributed by atoms with Crippen molar-refractivity contribution < 1.29 is 27.6 Å². The highest BCUT2D eigenvalue weighted by atomic mass is 19.4. The number of nitrogens with two attached hydrogens (primary N) is 1. The Hall–Kier alpha value is -4.18. The number of aromatic nitrogens is 3. The van der Waals surface area contributed by atoms with Crippen molar-refractivity contribution in [1.82, 2.24) is 14.7 Å². The van der Waals surface area contributed by atoms with E-state index in [1.807, 2.05) is 6.07 Å². The van der Waals surface area contributed by atoms with E-state index in [0.29, 0.717) is 55.6 Å². The highest BCUT2D eigenvalue weighted by molar-refractivity contribution is 6.19. The van der Waals surface area contributed by atoms with Crippen molar-refractivity contribution in [2.75, 3.05) is 0 Å². The van der Waals surface area contributed by atoms with E-state index in [1.54, 1.807) is 74.7 Å². The molecule has 0 saturated carbocycles. The number of amides is 1. The van der Waals surface area contributed by atoms with Crippen molar-refractivity contribution in [1.29, 1.82) is 0 Å². The molecule has 0 radical (unpaired) electrons. The molecule has 0 saturated heterocycles. The number of benzene rings is 2. The first-order valence-electron chi connectivity index (χ1n) is 12.8. The molecular weight excluding hydrogens is 521 g/mol. The number of carbonyl (C=O) groups excluding carboxylic acids is 1. The Kier molecular flexibility index (Phi) is 6.70. The molecule has 0 spiro atoms. The fourth-order valence-electron chi connectivity index (χ4n) is 5.40. The molecule has 3 N–H and O–H groups in total. The fourth-order valence-corrected chi connectivity index (χ4v) is 5.40. The molecule has 40 heavy (non-hydrogen) atoms. The lowest BCUT2D eigenvalue weighted by Crippen LogP contribution is -2.18. The van der Waals surface area contributed by atoms with Gasteiger partial charge in [-0.3, -0.25) is 9.78 Å². The van der Waals surface area contributed by atoms with Crippen molar-refractivity contribution in [2.24, 2.45) is 5.73 Å². The highest BCUT2D eigenvalue weighted by Gasteiger charge is 2.32. The van der Waals surface area contributed by atoms with E-state index in [0.717, 1.165) is 0 Å². The van der Waals surface area contributed by atoms with Gasteiger partial charge in [0.1, 0.15) is 5.76 Å². The molecule has 5 aromatic rings. The SMILES string of the molecule is Cc1noc(C)c1-c1cc(C(N)=O)c2c3ccc(C(C)(C)O)cc3n(C(CCC(F)(F)F)c3ccccn3)c2c1. The largest absolute Gasteiger partial charge is 0.389 e. The third-order valence-electron chi connectivity index (χ3n) is 7.24. The number of halogens is 3. The zero-order valence-corrected chi connectivity index (χ0v) is 22.5. The van der Waals surface area contributed by atoms with Gasteiger partial charge in [-0.25, -0.2) is 0 Å². The molecule has 1 amide bonds. The maximum atomic E-state index is 13.6. The zero-order valence-electron chi connectivity index (χ0n) is 22.5. The standard InChI is InChI=1S/C30H29F3N4O3/c1-16-26(17(2)40-36-16)18-13-21(28(34)38)27-20-9-8-19(29(3,4)39)15-24(20)37(25(27)14-18)23(10-11-30(31,32)33)22-7-5-6-12-35-22/h5-9,12-15,23,39H,10-11H2,1-4H3,(H2,34,38). The van der Waals surface area contributed by atoms with E-state index < -0.39 is 30.1 Å². The van der Waals surface area contributed by atoms with Crippen LogP contribution in [0.2, 0.25) is 0 Å². The smallest absolute Gasteiger partial charge is 0.386 e. The quantitative estimate of drug-likeness (QED) is 0.234. The van der Waals surface area contributed by atoms with Crippen LogP contribution in [0.4, 0.5) is 13.2 Å². The predicted molar refractivity (Wildman–Crippen MR) is 146 cm³/mol. The number of aliphatic hydroxyl groups is 1. The van der Waals surface area contributed by atoms with Gasteiger partial charge < -0.3 is 19.9 Å². The van der Waals surface area contributed by atoms with Crippen LogP contribution in [0.3, 0.4) is 0 Å². The van der Waals surface area contributed by atoms with Crippen LogP contribution in [0, 0.1) is 13.8 Å². The number of hydrogen-bond donors (Lipinski definition) is 2. The topological polar surface area (TPSA) is 107 Å². The number of carbonyl (C=O) groups is 1. The van der Waals surface area contributed by atoms with E-state index in [1.165, 1.54) is 6.20 Å². The van der Waals surface area contributed by atoms with E-state index >= 15 is 0 Å². The first kappa shape index (κ1) is 27.4. The van der Waals surface area contributed by atoms with Crippen LogP contribution in [-0.2, 0) is 5.60 Å². The van der Waals surface area contributed by atoms with E-state index in [-0.39, 0.29) is 12.0 Å². The predicted octanol–water partition coefficient (Wildman–Crippen LogP) is 6.72. The Balaban J connectivity index is 1.94. The summed E-state index contributed by atoms with van der Waals surface area (Å²) in [7, 11) is 0. The molecule has 0 bridgehead atoms. The molecular formula is C30H29F3N4O3. The van der Waals surface area contributed by atoms with Gasteiger partial charge >= 0.3 is 6.18 Å². The number of alkyl halides is 3. The summed E-state index contributed by atoms with van der Waals surface area (Å²) in [5.74, 6) is -0.161. The molecule has 208 valence electrons. The second kappa shape index (κ2) is 9.78. The van der Waals surface area contributed by atoms with Gasteiger partial charge in [0.15, 0.2) is 0 Å². The summed E-state index contributed by atoms with van der Waals surface area (Å²) in [6.45, 7) is 6.77. The maximum absolute atomic E-state index is 13.6. The average molecular weight is 551 g/mol. The molecule has 10 heteroatoms. The summed E-state index contributed by atoms with van der Waals surface area (Å²) in [5.41, 5.74) is 8.79. The number of pyridine rings is 1. The van der Waals surface area contributed by atoms with E-state index in [4.69, 9.17) is 10.3 Å². The van der Waals surface area contributed by atoms with Crippen molar-refractivity contribution in [3.05, 3.63) is 83.0 Å². The Bertz CT molecular complexity index is 1710. The van der Waals surface area contributed by atoms with Gasteiger partial charge in [0, 0.05) is 34.5 Å². The van der Waals surface area contributed by atoms with Gasteiger partial charge in [-0.05, 0) is 75.6 Å². The average Bonchev–Trinajstić information content (AvgIpc) is 3.39. The first-order chi connectivity index (χ1) is 18.8. The van der Waals surface area contributed by atoms with Gasteiger partial charge in [0.2, 0.25) is 5.91 Å². The molecule has 0 aliphatic heterocycles. The summed E-state index contributed by atoms with van der Waals surface area (Å²) in [6, 6.07) is 13.0. The summed E-state index contributed by atoms with van der Waals surface area (Å²) >= 11 is 0. The number of aryl methyl sites for hydroxylation is 2. The van der Waals surface area contributed by atoms with Crippen LogP contribution in [0.5, 0.6) is 0 Å². The van der Waals surface area contributed by atoms with Crippen LogP contribution in [0.1, 0.15) is 65.8 Å². The lowest BCUT2D eigenvalue weighted by molar-refractivity contribution is -0.136. The minimum absolute atomic E-state index is 0.211. The number of primary amides is 1. The molecule has 7 nitrogen and oxygen atoms in total. The second-order valence-corrected chi connectivity index (χ2v) is 10.6. The number of fused-ring (bicyclic) bond motifs is 3.